The summed E-state index contributed by atoms with van der Waals surface area (Å²) in [6, 6.07) is 8.25. The van der Waals surface area contributed by atoms with Crippen molar-refractivity contribution < 1.29 is 24.5 Å². The zero-order chi connectivity index (χ0) is 26.2. The average Bonchev–Trinajstić information content (AvgIpc) is 3.17. The Kier molecular flexibility index (Phi) is 7.73. The molecule has 37 heavy (non-hydrogen) atoms. The van der Waals surface area contributed by atoms with Crippen LogP contribution in [0.5, 0.6) is 5.75 Å². The highest BCUT2D eigenvalue weighted by molar-refractivity contribution is 5.79. The van der Waals surface area contributed by atoms with Gasteiger partial charge in [-0.25, -0.2) is 0 Å². The Labute approximate surface area is 222 Å². The van der Waals surface area contributed by atoms with Crippen LogP contribution in [-0.2, 0) is 16.0 Å². The first-order valence-corrected chi connectivity index (χ1v) is 14.8. The van der Waals surface area contributed by atoms with E-state index >= 15 is 0 Å². The molecule has 0 heterocycles. The molecule has 4 aliphatic rings. The third kappa shape index (κ3) is 5.22. The number of fused-ring (bicyclic) bond motifs is 5. The fourth-order valence-electron chi connectivity index (χ4n) is 9.26. The predicted molar refractivity (Wildman–Crippen MR) is 143 cm³/mol. The highest BCUT2D eigenvalue weighted by Gasteiger charge is 2.62. The normalized spacial score (nSPS) is 38.9. The minimum atomic E-state index is -0.786. The van der Waals surface area contributed by atoms with Gasteiger partial charge < -0.3 is 14.9 Å². The second-order valence-electron chi connectivity index (χ2n) is 13.3. The highest BCUT2D eigenvalue weighted by Crippen LogP contribution is 2.67. The topological polar surface area (TPSA) is 83.8 Å². The van der Waals surface area contributed by atoms with Crippen molar-refractivity contribution in [2.24, 2.45) is 40.4 Å². The van der Waals surface area contributed by atoms with E-state index in [2.05, 4.69) is 26.0 Å². The summed E-state index contributed by atoms with van der Waals surface area (Å²) in [6.45, 7) is 5.29. The fraction of sp³-hybridized carbons (Fsp3) is 0.750. The molecule has 1 aromatic rings. The van der Waals surface area contributed by atoms with E-state index in [4.69, 9.17) is 9.84 Å². The molecule has 4 saturated carbocycles. The van der Waals surface area contributed by atoms with Crippen LogP contribution in [0.4, 0.5) is 0 Å². The van der Waals surface area contributed by atoms with E-state index in [1.807, 2.05) is 12.1 Å². The zero-order valence-corrected chi connectivity index (χ0v) is 22.8. The lowest BCUT2D eigenvalue weighted by Crippen LogP contribution is -2.57. The molecule has 204 valence electrons. The van der Waals surface area contributed by atoms with Gasteiger partial charge in [0, 0.05) is 19.3 Å². The quantitative estimate of drug-likeness (QED) is 0.373. The van der Waals surface area contributed by atoms with Crippen LogP contribution in [0.3, 0.4) is 0 Å². The van der Waals surface area contributed by atoms with Crippen LogP contribution in [0.15, 0.2) is 24.3 Å². The van der Waals surface area contributed by atoms with Crippen molar-refractivity contribution in [1.82, 2.24) is 0 Å². The number of rotatable bonds is 9. The Morgan fingerprint density at radius 3 is 2.70 bits per heavy atom. The summed E-state index contributed by atoms with van der Waals surface area (Å²) in [5, 5.41) is 19.8. The van der Waals surface area contributed by atoms with Crippen molar-refractivity contribution >= 4 is 11.8 Å². The van der Waals surface area contributed by atoms with E-state index in [0.29, 0.717) is 48.4 Å². The van der Waals surface area contributed by atoms with Crippen molar-refractivity contribution in [2.75, 3.05) is 6.61 Å². The largest absolute Gasteiger partial charge is 0.494 e. The molecule has 4 fully saturated rings. The molecule has 0 aliphatic heterocycles. The molecular weight excluding hydrogens is 464 g/mol. The van der Waals surface area contributed by atoms with Gasteiger partial charge >= 0.3 is 5.97 Å². The number of hydrogen-bond donors (Lipinski definition) is 2. The minimum absolute atomic E-state index is 0.0689. The monoisotopic (exact) mass is 510 g/mol. The molecule has 5 rings (SSSR count). The first-order chi connectivity index (χ1) is 17.7. The number of aryl methyl sites for hydroxylation is 1. The Bertz CT molecular complexity index is 989. The standard InChI is InChI=1S/C32H46O5/c1-31-15-13-24(33)20-23(31)19-22(30-26-11-12-28(34)32(26,2)16-14-27(30)31)8-3-6-21-7-4-9-25(18-21)37-17-5-10-29(35)36/h4,7,9,18,22-23,26-28,30,34H,3,5-6,8,10-17,19-20H2,1-2H3,(H,35,36)/t22?,23?,26-,27+,28?,30-,31-,32-/m0/s1. The summed E-state index contributed by atoms with van der Waals surface area (Å²) in [5.74, 6) is 3.65. The lowest BCUT2D eigenvalue weighted by molar-refractivity contribution is -0.156. The smallest absolute Gasteiger partial charge is 0.303 e. The second-order valence-corrected chi connectivity index (χ2v) is 13.3. The van der Waals surface area contributed by atoms with Gasteiger partial charge in [-0.1, -0.05) is 26.0 Å². The lowest BCUT2D eigenvalue weighted by atomic mass is 9.42. The maximum absolute atomic E-state index is 12.5. The summed E-state index contributed by atoms with van der Waals surface area (Å²) >= 11 is 0. The molecule has 5 heteroatoms. The van der Waals surface area contributed by atoms with Crippen molar-refractivity contribution in [3.05, 3.63) is 29.8 Å². The maximum atomic E-state index is 12.5. The predicted octanol–water partition coefficient (Wildman–Crippen LogP) is 6.45. The van der Waals surface area contributed by atoms with Gasteiger partial charge in [0.15, 0.2) is 0 Å². The third-order valence-corrected chi connectivity index (χ3v) is 11.4. The van der Waals surface area contributed by atoms with Gasteiger partial charge in [-0.2, -0.15) is 0 Å². The molecule has 0 radical (unpaired) electrons. The molecule has 0 bridgehead atoms. The molecular formula is C32H46O5. The van der Waals surface area contributed by atoms with E-state index in [1.54, 1.807) is 0 Å². The van der Waals surface area contributed by atoms with Gasteiger partial charge in [-0.15, -0.1) is 0 Å². The van der Waals surface area contributed by atoms with E-state index in [0.717, 1.165) is 57.1 Å². The van der Waals surface area contributed by atoms with Gasteiger partial charge in [0.25, 0.3) is 0 Å². The summed E-state index contributed by atoms with van der Waals surface area (Å²) in [6.07, 6.45) is 12.1. The van der Waals surface area contributed by atoms with Gasteiger partial charge in [-0.3, -0.25) is 9.59 Å². The number of aliphatic hydroxyl groups excluding tert-OH is 1. The number of aliphatic carboxylic acids is 1. The Hall–Kier alpha value is -1.88. The van der Waals surface area contributed by atoms with Gasteiger partial charge in [0.05, 0.1) is 12.7 Å². The first kappa shape index (κ1) is 26.7. The molecule has 2 N–H and O–H groups in total. The average molecular weight is 511 g/mol. The summed E-state index contributed by atoms with van der Waals surface area (Å²) < 4.78 is 5.79. The Morgan fingerprint density at radius 1 is 1.08 bits per heavy atom. The second kappa shape index (κ2) is 10.7. The molecule has 5 nitrogen and oxygen atoms in total. The van der Waals surface area contributed by atoms with Gasteiger partial charge in [0.1, 0.15) is 11.5 Å². The Morgan fingerprint density at radius 2 is 1.89 bits per heavy atom. The molecule has 3 unspecified atom stereocenters. The molecule has 1 aromatic carbocycles. The van der Waals surface area contributed by atoms with Crippen LogP contribution in [0.1, 0.15) is 96.5 Å². The number of Topliss-reactive ketones (excluding diaryl/α,β-unsaturated/α-hetero) is 1. The van der Waals surface area contributed by atoms with Crippen molar-refractivity contribution in [1.29, 1.82) is 0 Å². The molecule has 0 aromatic heterocycles. The van der Waals surface area contributed by atoms with Crippen molar-refractivity contribution in [3.8, 4) is 5.75 Å². The summed E-state index contributed by atoms with van der Waals surface area (Å²) in [5.41, 5.74) is 1.63. The van der Waals surface area contributed by atoms with Crippen LogP contribution < -0.4 is 4.74 Å². The Balaban J connectivity index is 1.26. The van der Waals surface area contributed by atoms with Crippen molar-refractivity contribution in [3.63, 3.8) is 0 Å². The van der Waals surface area contributed by atoms with Gasteiger partial charge in [-0.05, 0) is 122 Å². The number of benzene rings is 1. The molecule has 4 aliphatic carbocycles. The number of hydrogen-bond acceptors (Lipinski definition) is 4. The van der Waals surface area contributed by atoms with E-state index in [1.165, 1.54) is 24.8 Å². The molecule has 0 amide bonds. The number of carbonyl (C=O) groups excluding carboxylic acids is 1. The number of carboxylic acid groups (broad SMARTS) is 1. The van der Waals surface area contributed by atoms with Crippen LogP contribution in [0.25, 0.3) is 0 Å². The van der Waals surface area contributed by atoms with Crippen LogP contribution >= 0.6 is 0 Å². The number of ether oxygens (including phenoxy) is 1. The summed E-state index contributed by atoms with van der Waals surface area (Å²) in [4.78, 5) is 23.2. The van der Waals surface area contributed by atoms with E-state index in [9.17, 15) is 14.7 Å². The maximum Gasteiger partial charge on any atom is 0.303 e. The van der Waals surface area contributed by atoms with E-state index in [-0.39, 0.29) is 23.4 Å². The lowest BCUT2D eigenvalue weighted by Gasteiger charge is -2.62. The van der Waals surface area contributed by atoms with Crippen LogP contribution in [0.2, 0.25) is 0 Å². The van der Waals surface area contributed by atoms with Crippen molar-refractivity contribution in [2.45, 2.75) is 103 Å². The van der Waals surface area contributed by atoms with Crippen LogP contribution in [-0.4, -0.2) is 34.7 Å². The minimum Gasteiger partial charge on any atom is -0.494 e. The fourth-order valence-corrected chi connectivity index (χ4v) is 9.26. The third-order valence-electron chi connectivity index (χ3n) is 11.4. The van der Waals surface area contributed by atoms with Crippen LogP contribution in [0, 0.1) is 40.4 Å². The molecule has 0 spiro atoms. The SMILES string of the molecule is C[C@]12CCC(=O)CC1CC(CCCc1cccc(OCCCC(=O)O)c1)[C@@H]1[C@H]2CC[C@]2(C)C(O)CC[C@@H]12. The highest BCUT2D eigenvalue weighted by atomic mass is 16.5. The summed E-state index contributed by atoms with van der Waals surface area (Å²) in [7, 11) is 0. The zero-order valence-electron chi connectivity index (χ0n) is 22.8. The number of aliphatic hydroxyl groups is 1. The molecule has 0 saturated heterocycles. The number of ketones is 1. The molecule has 8 atom stereocenters. The number of carbonyl (C=O) groups is 2. The van der Waals surface area contributed by atoms with Gasteiger partial charge in [0.2, 0.25) is 0 Å². The number of carboxylic acids is 1. The van der Waals surface area contributed by atoms with E-state index < -0.39 is 5.97 Å². The first-order valence-electron chi connectivity index (χ1n) is 14.8.